The topological polar surface area (TPSA) is 18.5 Å². The number of methoxy groups -OCH3 is 2. The smallest absolute Gasteiger partial charge is 0.0835 e. The van der Waals surface area contributed by atoms with Gasteiger partial charge in [0.2, 0.25) is 0 Å². The molecule has 2 nitrogen and oxygen atoms in total. The van der Waals surface area contributed by atoms with Gasteiger partial charge in [-0.1, -0.05) is 149 Å². The van der Waals surface area contributed by atoms with Crippen LogP contribution in [0, 0.1) is 0 Å². The third-order valence-electron chi connectivity index (χ3n) is 9.74. The van der Waals surface area contributed by atoms with Crippen LogP contribution in [0.15, 0.2) is 47.9 Å². The van der Waals surface area contributed by atoms with E-state index in [1.807, 2.05) is 0 Å². The Balaban J connectivity index is 2.57. The molecule has 0 atom stereocenters. The molecule has 1 fully saturated rings. The lowest BCUT2D eigenvalue weighted by Crippen LogP contribution is -2.37. The average Bonchev–Trinajstić information content (AvgIpc) is 2.84. The summed E-state index contributed by atoms with van der Waals surface area (Å²) in [6.45, 7) is 42.3. The van der Waals surface area contributed by atoms with Crippen molar-refractivity contribution < 1.29 is 9.47 Å². The summed E-state index contributed by atoms with van der Waals surface area (Å²) in [6.07, 6.45) is 4.10. The highest BCUT2D eigenvalue weighted by atomic mass is 16.5. The van der Waals surface area contributed by atoms with Crippen LogP contribution >= 0.6 is 0 Å². The van der Waals surface area contributed by atoms with E-state index < -0.39 is 0 Å². The van der Waals surface area contributed by atoms with E-state index in [4.69, 9.17) is 9.47 Å². The van der Waals surface area contributed by atoms with Gasteiger partial charge in [-0.3, -0.25) is 0 Å². The average molecular weight is 629 g/mol. The molecule has 2 aromatic rings. The van der Waals surface area contributed by atoms with E-state index in [0.717, 1.165) is 0 Å². The van der Waals surface area contributed by atoms with Crippen LogP contribution in [-0.4, -0.2) is 14.2 Å². The van der Waals surface area contributed by atoms with Crippen molar-refractivity contribution in [2.24, 2.45) is 0 Å². The Labute approximate surface area is 284 Å². The summed E-state index contributed by atoms with van der Waals surface area (Å²) in [5, 5.41) is 0. The van der Waals surface area contributed by atoms with Crippen molar-refractivity contribution in [2.75, 3.05) is 14.2 Å². The molecule has 2 heteroatoms. The molecule has 0 N–H and O–H groups in total. The summed E-state index contributed by atoms with van der Waals surface area (Å²) in [7, 11) is 3.60. The lowest BCUT2D eigenvalue weighted by atomic mass is 9.54. The number of ether oxygens (including phenoxy) is 2. The molecule has 0 saturated heterocycles. The fourth-order valence-corrected chi connectivity index (χ4v) is 7.11. The standard InChI is InChI=1S/C44H68O2/c1-39(2,3)27-21-31(41(7,8)9)37(32(22-27)42(10,11)12)35-29(25-45-19)36(30(35)26-46-20)38-33(43(13,14)15)23-28(40(4,5)6)24-34(38)44(16,17)18/h21-26,35-36H,1-20H3. The van der Waals surface area contributed by atoms with Crippen LogP contribution in [0.2, 0.25) is 0 Å². The molecule has 0 aliphatic heterocycles. The summed E-state index contributed by atoms with van der Waals surface area (Å²) in [4.78, 5) is 0. The van der Waals surface area contributed by atoms with Gasteiger partial charge >= 0.3 is 0 Å². The van der Waals surface area contributed by atoms with Crippen molar-refractivity contribution in [3.05, 3.63) is 92.4 Å². The highest BCUT2D eigenvalue weighted by Gasteiger charge is 2.50. The third-order valence-corrected chi connectivity index (χ3v) is 9.74. The molecule has 1 saturated carbocycles. The number of benzene rings is 2. The van der Waals surface area contributed by atoms with Crippen LogP contribution in [0.3, 0.4) is 0 Å². The second-order valence-corrected chi connectivity index (χ2v) is 20.0. The molecular weight excluding hydrogens is 560 g/mol. The molecule has 1 aliphatic rings. The molecule has 0 heterocycles. The van der Waals surface area contributed by atoms with E-state index in [2.05, 4.69) is 161 Å². The van der Waals surface area contributed by atoms with Crippen LogP contribution in [0.25, 0.3) is 0 Å². The van der Waals surface area contributed by atoms with Crippen LogP contribution in [0.1, 0.15) is 181 Å². The maximum absolute atomic E-state index is 6.00. The second-order valence-electron chi connectivity index (χ2n) is 20.0. The Morgan fingerprint density at radius 1 is 0.391 bits per heavy atom. The van der Waals surface area contributed by atoms with Gasteiger partial charge in [0.1, 0.15) is 0 Å². The van der Waals surface area contributed by atoms with Crippen molar-refractivity contribution >= 4 is 0 Å². The van der Waals surface area contributed by atoms with Crippen LogP contribution in [0.5, 0.6) is 0 Å². The molecular formula is C44H68O2. The molecule has 3 rings (SSSR count). The molecule has 2 aromatic carbocycles. The first kappa shape index (κ1) is 38.0. The lowest BCUT2D eigenvalue weighted by molar-refractivity contribution is 0.310. The maximum Gasteiger partial charge on any atom is 0.0835 e. The molecule has 0 radical (unpaired) electrons. The minimum Gasteiger partial charge on any atom is -0.504 e. The Hall–Kier alpha value is -2.48. The summed E-state index contributed by atoms with van der Waals surface area (Å²) >= 11 is 0. The van der Waals surface area contributed by atoms with Gasteiger partial charge in [0.25, 0.3) is 0 Å². The van der Waals surface area contributed by atoms with E-state index in [1.165, 1.54) is 55.7 Å². The highest BCUT2D eigenvalue weighted by molar-refractivity contribution is 5.67. The number of hydrogen-bond donors (Lipinski definition) is 0. The first-order valence-electron chi connectivity index (χ1n) is 17.4. The minimum atomic E-state index is -0.0560. The van der Waals surface area contributed by atoms with Gasteiger partial charge in [0.15, 0.2) is 0 Å². The molecule has 256 valence electrons. The molecule has 46 heavy (non-hydrogen) atoms. The van der Waals surface area contributed by atoms with E-state index in [9.17, 15) is 0 Å². The van der Waals surface area contributed by atoms with Gasteiger partial charge in [-0.25, -0.2) is 0 Å². The Kier molecular flexibility index (Phi) is 10.1. The van der Waals surface area contributed by atoms with Crippen molar-refractivity contribution in [2.45, 2.75) is 169 Å². The fraction of sp³-hybridized carbons (Fsp3) is 0.636. The van der Waals surface area contributed by atoms with Crippen molar-refractivity contribution in [1.82, 2.24) is 0 Å². The van der Waals surface area contributed by atoms with Gasteiger partial charge in [-0.2, -0.15) is 0 Å². The molecule has 0 unspecified atom stereocenters. The van der Waals surface area contributed by atoms with E-state index in [0.29, 0.717) is 0 Å². The SMILES string of the molecule is COC=C1C(c2c(C(C)(C)C)cc(C(C)(C)C)cc2C(C)(C)C)C(=COC)C1c1c(C(C)(C)C)cc(C(C)(C)C)cc1C(C)(C)C. The molecule has 0 bridgehead atoms. The summed E-state index contributed by atoms with van der Waals surface area (Å²) in [6, 6.07) is 9.97. The normalized spacial score (nSPS) is 18.3. The molecule has 1 aliphatic carbocycles. The van der Waals surface area contributed by atoms with Crippen molar-refractivity contribution in [3.8, 4) is 0 Å². The summed E-state index contributed by atoms with van der Waals surface area (Å²) in [5.41, 5.74) is 13.7. The number of rotatable bonds is 4. The predicted octanol–water partition coefficient (Wildman–Crippen LogP) is 12.4. The number of hydrogen-bond acceptors (Lipinski definition) is 2. The van der Waals surface area contributed by atoms with E-state index >= 15 is 0 Å². The highest BCUT2D eigenvalue weighted by Crippen LogP contribution is 2.62. The monoisotopic (exact) mass is 629 g/mol. The Morgan fingerprint density at radius 2 is 0.609 bits per heavy atom. The van der Waals surface area contributed by atoms with Gasteiger partial charge in [0, 0.05) is 11.8 Å². The van der Waals surface area contributed by atoms with Gasteiger partial charge < -0.3 is 9.47 Å². The van der Waals surface area contributed by atoms with Crippen LogP contribution in [-0.2, 0) is 42.0 Å². The zero-order valence-corrected chi connectivity index (χ0v) is 33.4. The Bertz CT molecular complexity index is 1290. The molecule has 0 spiro atoms. The van der Waals surface area contributed by atoms with Gasteiger partial charge in [-0.05, 0) is 88.1 Å². The quantitative estimate of drug-likeness (QED) is 0.314. The van der Waals surface area contributed by atoms with Crippen molar-refractivity contribution in [1.29, 1.82) is 0 Å². The third kappa shape index (κ3) is 7.47. The largest absolute Gasteiger partial charge is 0.504 e. The molecule has 0 amide bonds. The van der Waals surface area contributed by atoms with Crippen LogP contribution < -0.4 is 0 Å². The Morgan fingerprint density at radius 3 is 0.761 bits per heavy atom. The van der Waals surface area contributed by atoms with Crippen LogP contribution in [0.4, 0.5) is 0 Å². The summed E-state index contributed by atoms with van der Waals surface area (Å²) in [5.74, 6) is 0.121. The first-order valence-corrected chi connectivity index (χ1v) is 17.4. The fourth-order valence-electron chi connectivity index (χ4n) is 7.11. The zero-order chi connectivity index (χ0) is 35.6. The first-order chi connectivity index (χ1) is 20.6. The van der Waals surface area contributed by atoms with E-state index in [1.54, 1.807) is 14.2 Å². The zero-order valence-electron chi connectivity index (χ0n) is 33.4. The maximum atomic E-state index is 6.00. The van der Waals surface area contributed by atoms with E-state index in [-0.39, 0.29) is 44.3 Å². The minimum absolute atomic E-state index is 0.0368. The number of allylic oxidation sites excluding steroid dienone is 2. The molecule has 0 aromatic heterocycles. The second kappa shape index (κ2) is 12.2. The summed E-state index contributed by atoms with van der Waals surface area (Å²) < 4.78 is 12.0. The van der Waals surface area contributed by atoms with Crippen molar-refractivity contribution in [3.63, 3.8) is 0 Å². The lowest BCUT2D eigenvalue weighted by Gasteiger charge is -2.49. The predicted molar refractivity (Wildman–Crippen MR) is 201 cm³/mol. The van der Waals surface area contributed by atoms with Gasteiger partial charge in [-0.15, -0.1) is 0 Å². The van der Waals surface area contributed by atoms with Gasteiger partial charge in [0.05, 0.1) is 26.7 Å².